The summed E-state index contributed by atoms with van der Waals surface area (Å²) in [6.07, 6.45) is 0. The van der Waals surface area contributed by atoms with Crippen molar-refractivity contribution in [3.05, 3.63) is 56.8 Å². The van der Waals surface area contributed by atoms with Crippen LogP contribution in [0.3, 0.4) is 0 Å². The number of amides is 2. The number of rotatable bonds is 6. The van der Waals surface area contributed by atoms with Crippen LogP contribution in [0.15, 0.2) is 24.3 Å². The Kier molecular flexibility index (Phi) is 6.70. The maximum Gasteiger partial charge on any atom is 0.257 e. The number of hydrogen-bond acceptors (Lipinski definition) is 3. The van der Waals surface area contributed by atoms with Gasteiger partial charge in [-0.25, -0.2) is 8.78 Å². The van der Waals surface area contributed by atoms with E-state index in [2.05, 4.69) is 10.6 Å². The zero-order valence-corrected chi connectivity index (χ0v) is 16.8. The minimum absolute atomic E-state index is 0.245. The zero-order chi connectivity index (χ0) is 20.3. The molecule has 2 unspecified atom stereocenters. The molecular formula is C20H24F2N2O2S. The molecule has 1 heterocycles. The number of hydrogen-bond donors (Lipinski definition) is 2. The van der Waals surface area contributed by atoms with E-state index in [0.717, 1.165) is 27.5 Å². The fraction of sp³-hybridized carbons (Fsp3) is 0.400. The van der Waals surface area contributed by atoms with Gasteiger partial charge in [-0.05, 0) is 50.5 Å². The van der Waals surface area contributed by atoms with Gasteiger partial charge in [0, 0.05) is 9.75 Å². The van der Waals surface area contributed by atoms with Crippen LogP contribution in [0.1, 0.15) is 52.5 Å². The molecule has 146 valence electrons. The van der Waals surface area contributed by atoms with E-state index in [4.69, 9.17) is 0 Å². The molecule has 2 atom stereocenters. The molecule has 0 fully saturated rings. The van der Waals surface area contributed by atoms with Crippen LogP contribution < -0.4 is 10.6 Å². The normalized spacial score (nSPS) is 13.3. The summed E-state index contributed by atoms with van der Waals surface area (Å²) in [5, 5.41) is 5.35. The molecule has 2 aromatic rings. The molecule has 0 aliphatic carbocycles. The van der Waals surface area contributed by atoms with Crippen LogP contribution in [0.5, 0.6) is 0 Å². The van der Waals surface area contributed by atoms with Crippen LogP contribution >= 0.6 is 11.3 Å². The molecule has 2 N–H and O–H groups in total. The van der Waals surface area contributed by atoms with Crippen molar-refractivity contribution >= 4 is 23.2 Å². The molecule has 4 nitrogen and oxygen atoms in total. The second-order valence-corrected chi connectivity index (χ2v) is 8.35. The average Bonchev–Trinajstić information content (AvgIpc) is 2.90. The number of aryl methyl sites for hydroxylation is 2. The van der Waals surface area contributed by atoms with E-state index in [1.165, 1.54) is 6.07 Å². The predicted molar refractivity (Wildman–Crippen MR) is 103 cm³/mol. The Balaban J connectivity index is 2.15. The Hall–Kier alpha value is -2.28. The van der Waals surface area contributed by atoms with E-state index in [1.807, 2.05) is 26.8 Å². The molecule has 2 rings (SSSR count). The number of thiophene rings is 1. The van der Waals surface area contributed by atoms with Gasteiger partial charge in [0.05, 0.1) is 6.04 Å². The minimum atomic E-state index is -0.965. The SMILES string of the molecule is Cc1cc(C(C)NC(=O)C(NC(=O)c2c(F)cccc2F)C(C)C)c(C)s1. The number of carbonyl (C=O) groups is 2. The first-order valence-corrected chi connectivity index (χ1v) is 9.55. The summed E-state index contributed by atoms with van der Waals surface area (Å²) in [6.45, 7) is 9.36. The Morgan fingerprint density at radius 3 is 2.11 bits per heavy atom. The van der Waals surface area contributed by atoms with E-state index in [9.17, 15) is 18.4 Å². The van der Waals surface area contributed by atoms with Gasteiger partial charge < -0.3 is 10.6 Å². The summed E-state index contributed by atoms with van der Waals surface area (Å²) in [4.78, 5) is 27.3. The van der Waals surface area contributed by atoms with Gasteiger partial charge in [0.15, 0.2) is 0 Å². The average molecular weight is 394 g/mol. The van der Waals surface area contributed by atoms with Gasteiger partial charge in [0.25, 0.3) is 5.91 Å². The lowest BCUT2D eigenvalue weighted by Crippen LogP contribution is -2.50. The first-order valence-electron chi connectivity index (χ1n) is 8.74. The van der Waals surface area contributed by atoms with Crippen molar-refractivity contribution in [3.63, 3.8) is 0 Å². The quantitative estimate of drug-likeness (QED) is 0.769. The molecule has 0 radical (unpaired) electrons. The first-order chi connectivity index (χ1) is 12.6. The lowest BCUT2D eigenvalue weighted by atomic mass is 10.0. The Morgan fingerprint density at radius 2 is 1.63 bits per heavy atom. The fourth-order valence-electron chi connectivity index (χ4n) is 2.92. The molecule has 27 heavy (non-hydrogen) atoms. The molecule has 0 saturated carbocycles. The van der Waals surface area contributed by atoms with Crippen LogP contribution in [-0.2, 0) is 4.79 Å². The Bertz CT molecular complexity index is 828. The van der Waals surface area contributed by atoms with E-state index in [0.29, 0.717) is 0 Å². The lowest BCUT2D eigenvalue weighted by Gasteiger charge is -2.24. The minimum Gasteiger partial charge on any atom is -0.348 e. The van der Waals surface area contributed by atoms with Crippen molar-refractivity contribution in [2.24, 2.45) is 5.92 Å². The Labute approximate surface area is 162 Å². The number of benzene rings is 1. The second kappa shape index (κ2) is 8.61. The molecule has 1 aromatic heterocycles. The molecule has 2 amide bonds. The highest BCUT2D eigenvalue weighted by Crippen LogP contribution is 2.26. The summed E-state index contributed by atoms with van der Waals surface area (Å²) >= 11 is 1.65. The third kappa shape index (κ3) is 4.91. The highest BCUT2D eigenvalue weighted by Gasteiger charge is 2.28. The summed E-state index contributed by atoms with van der Waals surface area (Å²) in [5.41, 5.74) is 0.327. The second-order valence-electron chi connectivity index (χ2n) is 6.89. The van der Waals surface area contributed by atoms with Gasteiger partial charge in [-0.1, -0.05) is 19.9 Å². The summed E-state index contributed by atoms with van der Waals surface area (Å²) in [6, 6.07) is 4.05. The smallest absolute Gasteiger partial charge is 0.257 e. The molecule has 1 aromatic carbocycles. The molecule has 0 spiro atoms. The Morgan fingerprint density at radius 1 is 1.04 bits per heavy atom. The third-order valence-electron chi connectivity index (χ3n) is 4.33. The topological polar surface area (TPSA) is 58.2 Å². The standard InChI is InChI=1S/C20H24F2N2O2S/c1-10(2)18(24-19(25)17-15(21)7-6-8-16(17)22)20(26)23-12(4)14-9-11(3)27-13(14)5/h6-10,12,18H,1-5H3,(H,23,26)(H,24,25). The van der Waals surface area contributed by atoms with E-state index < -0.39 is 35.1 Å². The van der Waals surface area contributed by atoms with E-state index in [-0.39, 0.29) is 12.0 Å². The monoisotopic (exact) mass is 394 g/mol. The molecule has 0 aliphatic heterocycles. The molecular weight excluding hydrogens is 370 g/mol. The van der Waals surface area contributed by atoms with Crippen LogP contribution in [0.4, 0.5) is 8.78 Å². The van der Waals surface area contributed by atoms with Crippen LogP contribution in [0.2, 0.25) is 0 Å². The predicted octanol–water partition coefficient (Wildman–Crippen LogP) is 4.27. The fourth-order valence-corrected chi connectivity index (χ4v) is 3.95. The molecule has 0 aliphatic rings. The van der Waals surface area contributed by atoms with Crippen molar-refractivity contribution in [2.75, 3.05) is 0 Å². The molecule has 7 heteroatoms. The third-order valence-corrected chi connectivity index (χ3v) is 5.31. The number of carbonyl (C=O) groups excluding carboxylic acids is 2. The van der Waals surface area contributed by atoms with E-state index >= 15 is 0 Å². The van der Waals surface area contributed by atoms with Gasteiger partial charge in [-0.2, -0.15) is 0 Å². The summed E-state index contributed by atoms with van der Waals surface area (Å²) < 4.78 is 27.7. The van der Waals surface area contributed by atoms with Gasteiger partial charge in [-0.3, -0.25) is 9.59 Å². The van der Waals surface area contributed by atoms with Crippen LogP contribution in [-0.4, -0.2) is 17.9 Å². The van der Waals surface area contributed by atoms with Crippen molar-refractivity contribution in [1.29, 1.82) is 0 Å². The lowest BCUT2D eigenvalue weighted by molar-refractivity contribution is -0.124. The number of nitrogens with one attached hydrogen (secondary N) is 2. The zero-order valence-electron chi connectivity index (χ0n) is 16.0. The van der Waals surface area contributed by atoms with E-state index in [1.54, 1.807) is 25.2 Å². The molecule has 0 saturated heterocycles. The summed E-state index contributed by atoms with van der Waals surface area (Å²) in [7, 11) is 0. The largest absolute Gasteiger partial charge is 0.348 e. The van der Waals surface area contributed by atoms with Crippen LogP contribution in [0, 0.1) is 31.4 Å². The van der Waals surface area contributed by atoms with Gasteiger partial charge in [-0.15, -0.1) is 11.3 Å². The van der Waals surface area contributed by atoms with Crippen molar-refractivity contribution < 1.29 is 18.4 Å². The van der Waals surface area contributed by atoms with Crippen molar-refractivity contribution in [3.8, 4) is 0 Å². The van der Waals surface area contributed by atoms with Gasteiger partial charge in [0.1, 0.15) is 23.2 Å². The van der Waals surface area contributed by atoms with Crippen molar-refractivity contribution in [2.45, 2.75) is 46.7 Å². The number of halogens is 2. The first kappa shape index (κ1) is 21.0. The molecule has 0 bridgehead atoms. The van der Waals surface area contributed by atoms with Crippen LogP contribution in [0.25, 0.3) is 0 Å². The maximum absolute atomic E-state index is 13.8. The van der Waals surface area contributed by atoms with Crippen molar-refractivity contribution in [1.82, 2.24) is 10.6 Å². The highest BCUT2D eigenvalue weighted by atomic mass is 32.1. The summed E-state index contributed by atoms with van der Waals surface area (Å²) in [5.74, 6) is -3.54. The van der Waals surface area contributed by atoms with Gasteiger partial charge in [0.2, 0.25) is 5.91 Å². The van der Waals surface area contributed by atoms with Gasteiger partial charge >= 0.3 is 0 Å². The highest BCUT2D eigenvalue weighted by molar-refractivity contribution is 7.12. The maximum atomic E-state index is 13.8.